The molecule has 2 aromatic heterocycles. The molecular weight excluding hydrogens is 443 g/mol. The second-order valence-electron chi connectivity index (χ2n) is 7.06. The number of benzene rings is 2. The highest BCUT2D eigenvalue weighted by atomic mass is 32.1. The van der Waals surface area contributed by atoms with Crippen molar-refractivity contribution < 1.29 is 18.0 Å². The van der Waals surface area contributed by atoms with Crippen molar-refractivity contribution in [2.24, 2.45) is 0 Å². The molecule has 164 valence electrons. The van der Waals surface area contributed by atoms with Gasteiger partial charge in [0.2, 0.25) is 5.91 Å². The average Bonchev–Trinajstić information content (AvgIpc) is 3.22. The van der Waals surface area contributed by atoms with Crippen LogP contribution in [0.5, 0.6) is 0 Å². The highest BCUT2D eigenvalue weighted by Crippen LogP contribution is 2.30. The van der Waals surface area contributed by atoms with Gasteiger partial charge >= 0.3 is 11.9 Å². The molecule has 1 N–H and O–H groups in total. The fraction of sp³-hybridized carbons (Fsp3) is 0.136. The van der Waals surface area contributed by atoms with Crippen molar-refractivity contribution in [1.82, 2.24) is 9.13 Å². The summed E-state index contributed by atoms with van der Waals surface area (Å²) in [5.74, 6) is -0.700. The lowest BCUT2D eigenvalue weighted by Gasteiger charge is -2.14. The number of nitrogens with one attached hydrogen (secondary N) is 1. The van der Waals surface area contributed by atoms with Crippen molar-refractivity contribution in [3.8, 4) is 5.69 Å². The molecule has 0 saturated carbocycles. The number of carbonyl (C=O) groups excluding carboxylic acids is 1. The number of hydrogen-bond acceptors (Lipinski definition) is 4. The molecular formula is C22H16F3N3O3S. The van der Waals surface area contributed by atoms with Gasteiger partial charge in [-0.25, -0.2) is 9.36 Å². The first-order valence-electron chi connectivity index (χ1n) is 9.43. The Morgan fingerprint density at radius 1 is 1.06 bits per heavy atom. The van der Waals surface area contributed by atoms with E-state index in [9.17, 15) is 27.6 Å². The Morgan fingerprint density at radius 3 is 2.53 bits per heavy atom. The summed E-state index contributed by atoms with van der Waals surface area (Å²) in [5.41, 5.74) is -0.785. The first kappa shape index (κ1) is 21.6. The lowest BCUT2D eigenvalue weighted by Crippen LogP contribution is -2.40. The van der Waals surface area contributed by atoms with E-state index < -0.39 is 35.4 Å². The molecule has 0 aliphatic rings. The third kappa shape index (κ3) is 3.96. The topological polar surface area (TPSA) is 73.1 Å². The Hall–Kier alpha value is -3.66. The van der Waals surface area contributed by atoms with Crippen LogP contribution in [0, 0.1) is 6.92 Å². The highest BCUT2D eigenvalue weighted by Gasteiger charge is 2.30. The average molecular weight is 459 g/mol. The summed E-state index contributed by atoms with van der Waals surface area (Å²) >= 11 is 1.14. The minimum atomic E-state index is -4.55. The number of amides is 1. The fourth-order valence-electron chi connectivity index (χ4n) is 3.38. The van der Waals surface area contributed by atoms with E-state index in [-0.39, 0.29) is 11.2 Å². The number of alkyl halides is 3. The largest absolute Gasteiger partial charge is 0.416 e. The minimum absolute atomic E-state index is 0.0494. The molecule has 0 saturated heterocycles. The van der Waals surface area contributed by atoms with Gasteiger partial charge in [-0.05, 0) is 48.2 Å². The number of nitrogens with zero attached hydrogens (tertiary/aromatic N) is 2. The predicted molar refractivity (Wildman–Crippen MR) is 116 cm³/mol. The van der Waals surface area contributed by atoms with Crippen molar-refractivity contribution in [2.75, 3.05) is 5.32 Å². The zero-order chi connectivity index (χ0) is 23.0. The lowest BCUT2D eigenvalue weighted by atomic mass is 10.2. The fourth-order valence-corrected chi connectivity index (χ4v) is 4.21. The van der Waals surface area contributed by atoms with Crippen LogP contribution in [0.1, 0.15) is 11.1 Å². The molecule has 0 unspecified atom stereocenters. The summed E-state index contributed by atoms with van der Waals surface area (Å²) in [5, 5.41) is 4.02. The van der Waals surface area contributed by atoms with Crippen LogP contribution in [0.3, 0.4) is 0 Å². The molecule has 4 rings (SSSR count). The molecule has 1 amide bonds. The summed E-state index contributed by atoms with van der Waals surface area (Å²) in [4.78, 5) is 38.8. The van der Waals surface area contributed by atoms with E-state index >= 15 is 0 Å². The van der Waals surface area contributed by atoms with Crippen LogP contribution in [-0.2, 0) is 17.5 Å². The van der Waals surface area contributed by atoms with E-state index in [1.165, 1.54) is 12.1 Å². The number of carbonyl (C=O) groups is 1. The number of hydrogen-bond donors (Lipinski definition) is 1. The van der Waals surface area contributed by atoms with Crippen LogP contribution in [-0.4, -0.2) is 15.0 Å². The number of rotatable bonds is 4. The van der Waals surface area contributed by atoms with E-state index in [0.29, 0.717) is 16.0 Å². The van der Waals surface area contributed by atoms with Gasteiger partial charge in [-0.2, -0.15) is 13.2 Å². The Labute approximate surface area is 183 Å². The maximum Gasteiger partial charge on any atom is 0.416 e. The van der Waals surface area contributed by atoms with Gasteiger partial charge in [0.1, 0.15) is 11.2 Å². The van der Waals surface area contributed by atoms with Gasteiger partial charge in [-0.15, -0.1) is 11.3 Å². The van der Waals surface area contributed by atoms with Gasteiger partial charge in [-0.3, -0.25) is 14.2 Å². The molecule has 0 bridgehead atoms. The summed E-state index contributed by atoms with van der Waals surface area (Å²) in [6, 6.07) is 12.6. The first-order chi connectivity index (χ1) is 15.2. The summed E-state index contributed by atoms with van der Waals surface area (Å²) in [6.07, 6.45) is -4.55. The smallest absolute Gasteiger partial charge is 0.325 e. The Kier molecular flexibility index (Phi) is 5.47. The van der Waals surface area contributed by atoms with E-state index in [0.717, 1.165) is 32.6 Å². The number of thiophene rings is 1. The van der Waals surface area contributed by atoms with Gasteiger partial charge in [0.05, 0.1) is 16.8 Å². The molecule has 6 nitrogen and oxygen atoms in total. The standard InChI is InChI=1S/C22H16F3N3O3S/c1-13-5-2-3-8-16(13)28-20(30)19-17(9-10-32-19)27(21(28)31)12-18(29)26-15-7-4-6-14(11-15)22(23,24)25/h2-11H,12H2,1H3,(H,26,29). The van der Waals surface area contributed by atoms with E-state index in [1.807, 2.05) is 0 Å². The SMILES string of the molecule is Cc1ccccc1-n1c(=O)c2sccc2n(CC(=O)Nc2cccc(C(F)(F)F)c2)c1=O. The molecule has 0 spiro atoms. The monoisotopic (exact) mass is 459 g/mol. The maximum atomic E-state index is 13.2. The molecule has 0 atom stereocenters. The molecule has 2 aromatic carbocycles. The Bertz CT molecular complexity index is 1450. The molecule has 0 fully saturated rings. The van der Waals surface area contributed by atoms with Crippen LogP contribution in [0.25, 0.3) is 15.9 Å². The second-order valence-corrected chi connectivity index (χ2v) is 7.97. The number of fused-ring (bicyclic) bond motifs is 1. The summed E-state index contributed by atoms with van der Waals surface area (Å²) in [7, 11) is 0. The van der Waals surface area contributed by atoms with Crippen molar-refractivity contribution >= 4 is 33.1 Å². The van der Waals surface area contributed by atoms with Crippen molar-refractivity contribution in [3.05, 3.63) is 91.9 Å². The molecule has 0 aliphatic heterocycles. The molecule has 10 heteroatoms. The first-order valence-corrected chi connectivity index (χ1v) is 10.3. The Balaban J connectivity index is 1.75. The quantitative estimate of drug-likeness (QED) is 0.498. The zero-order valence-corrected chi connectivity index (χ0v) is 17.5. The van der Waals surface area contributed by atoms with Crippen molar-refractivity contribution in [2.45, 2.75) is 19.6 Å². The van der Waals surface area contributed by atoms with Gasteiger partial charge in [0.25, 0.3) is 5.56 Å². The molecule has 0 aliphatic carbocycles. The number of halogens is 3. The van der Waals surface area contributed by atoms with Crippen LogP contribution in [0.2, 0.25) is 0 Å². The van der Waals surface area contributed by atoms with Crippen molar-refractivity contribution in [1.29, 1.82) is 0 Å². The van der Waals surface area contributed by atoms with Crippen LogP contribution in [0.15, 0.2) is 69.6 Å². The number of aromatic nitrogens is 2. The highest BCUT2D eigenvalue weighted by molar-refractivity contribution is 7.17. The van der Waals surface area contributed by atoms with Crippen LogP contribution < -0.4 is 16.6 Å². The zero-order valence-electron chi connectivity index (χ0n) is 16.6. The van der Waals surface area contributed by atoms with Crippen molar-refractivity contribution in [3.63, 3.8) is 0 Å². The van der Waals surface area contributed by atoms with Crippen LogP contribution in [0.4, 0.5) is 18.9 Å². The van der Waals surface area contributed by atoms with Gasteiger partial charge in [0, 0.05) is 5.69 Å². The molecule has 32 heavy (non-hydrogen) atoms. The maximum absolute atomic E-state index is 13.2. The predicted octanol–water partition coefficient (Wildman–Crippen LogP) is 4.18. The van der Waals surface area contributed by atoms with Crippen LogP contribution >= 0.6 is 11.3 Å². The number of aryl methyl sites for hydroxylation is 1. The van der Waals surface area contributed by atoms with E-state index in [4.69, 9.17) is 0 Å². The summed E-state index contributed by atoms with van der Waals surface area (Å²) in [6.45, 7) is 1.28. The third-order valence-electron chi connectivity index (χ3n) is 4.89. The Morgan fingerprint density at radius 2 is 1.81 bits per heavy atom. The van der Waals surface area contributed by atoms with Gasteiger partial charge in [0.15, 0.2) is 0 Å². The minimum Gasteiger partial charge on any atom is -0.325 e. The van der Waals surface area contributed by atoms with E-state index in [1.54, 1.807) is 42.6 Å². The second kappa shape index (κ2) is 8.12. The molecule has 2 heterocycles. The number of anilines is 1. The van der Waals surface area contributed by atoms with Gasteiger partial charge < -0.3 is 5.32 Å². The van der Waals surface area contributed by atoms with E-state index in [2.05, 4.69) is 5.32 Å². The molecule has 0 radical (unpaired) electrons. The normalized spacial score (nSPS) is 11.6. The summed E-state index contributed by atoms with van der Waals surface area (Å²) < 4.78 is 41.2. The molecule has 4 aromatic rings. The number of para-hydroxylation sites is 1. The lowest BCUT2D eigenvalue weighted by molar-refractivity contribution is -0.137. The third-order valence-corrected chi connectivity index (χ3v) is 5.78. The van der Waals surface area contributed by atoms with Gasteiger partial charge in [-0.1, -0.05) is 24.3 Å².